The van der Waals surface area contributed by atoms with Gasteiger partial charge in [0, 0.05) is 59.7 Å². The average Bonchev–Trinajstić information content (AvgIpc) is 3.86. The lowest BCUT2D eigenvalue weighted by Gasteiger charge is -2.29. The standard InChI is InChI=1S/C63H46N2S/c1-63(2)59-41-53(64(49-16-8-4-9-17-49)51-31-26-46(27-32-51)45-24-22-44(23-25-45)43-14-6-3-7-15-43)35-37-55(59)56-38-36-54(42-60(56)63)65(50-18-10-5-11-19-50)52-33-28-47(29-34-52)48-30-39-62-58(40-48)57-20-12-13-21-61(57)66-62/h3-42H,1-2H3. The fourth-order valence-corrected chi connectivity index (χ4v) is 11.1. The van der Waals surface area contributed by atoms with Crippen LogP contribution in [0.1, 0.15) is 25.0 Å². The van der Waals surface area contributed by atoms with E-state index >= 15 is 0 Å². The predicted octanol–water partition coefficient (Wildman–Crippen LogP) is 18.3. The molecule has 0 saturated heterocycles. The van der Waals surface area contributed by atoms with Crippen LogP contribution >= 0.6 is 11.3 Å². The van der Waals surface area contributed by atoms with E-state index in [0.717, 1.165) is 34.1 Å². The van der Waals surface area contributed by atoms with Crippen molar-refractivity contribution in [1.82, 2.24) is 0 Å². The molecule has 1 aromatic heterocycles. The van der Waals surface area contributed by atoms with E-state index in [1.54, 1.807) is 0 Å². The molecule has 2 nitrogen and oxygen atoms in total. The van der Waals surface area contributed by atoms with Gasteiger partial charge in [-0.3, -0.25) is 0 Å². The molecule has 1 aliphatic carbocycles. The summed E-state index contributed by atoms with van der Waals surface area (Å²) >= 11 is 1.86. The van der Waals surface area contributed by atoms with Crippen molar-refractivity contribution in [3.05, 3.63) is 254 Å². The van der Waals surface area contributed by atoms with Gasteiger partial charge in [0.25, 0.3) is 0 Å². The zero-order valence-electron chi connectivity index (χ0n) is 36.9. The largest absolute Gasteiger partial charge is 0.310 e. The van der Waals surface area contributed by atoms with Gasteiger partial charge in [-0.25, -0.2) is 0 Å². The molecule has 11 aromatic rings. The van der Waals surface area contributed by atoms with Gasteiger partial charge in [0.1, 0.15) is 0 Å². The minimum absolute atomic E-state index is 0.245. The molecule has 0 radical (unpaired) electrons. The number of hydrogen-bond donors (Lipinski definition) is 0. The monoisotopic (exact) mass is 862 g/mol. The third-order valence-electron chi connectivity index (χ3n) is 13.5. The molecule has 1 heterocycles. The maximum absolute atomic E-state index is 2.42. The van der Waals surface area contributed by atoms with Gasteiger partial charge >= 0.3 is 0 Å². The molecule has 0 N–H and O–H groups in total. The summed E-state index contributed by atoms with van der Waals surface area (Å²) in [5.74, 6) is 0. The second-order valence-electron chi connectivity index (χ2n) is 17.8. The van der Waals surface area contributed by atoms with E-state index in [1.807, 2.05) is 11.3 Å². The summed E-state index contributed by atoms with van der Waals surface area (Å²) in [7, 11) is 0. The Labute approximate surface area is 391 Å². The molecule has 0 amide bonds. The molecule has 0 bridgehead atoms. The van der Waals surface area contributed by atoms with Crippen LogP contribution in [0.5, 0.6) is 0 Å². The van der Waals surface area contributed by atoms with Gasteiger partial charge in [0.15, 0.2) is 0 Å². The molecular weight excluding hydrogens is 817 g/mol. The van der Waals surface area contributed by atoms with E-state index in [2.05, 4.69) is 266 Å². The molecule has 0 atom stereocenters. The maximum atomic E-state index is 2.42. The highest BCUT2D eigenvalue weighted by molar-refractivity contribution is 7.25. The molecule has 0 spiro atoms. The van der Waals surface area contributed by atoms with Crippen LogP contribution < -0.4 is 9.80 Å². The summed E-state index contributed by atoms with van der Waals surface area (Å²) in [6, 6.07) is 88.7. The van der Waals surface area contributed by atoms with Crippen LogP contribution in [0, 0.1) is 0 Å². The van der Waals surface area contributed by atoms with Crippen LogP contribution in [0.3, 0.4) is 0 Å². The van der Waals surface area contributed by atoms with E-state index in [1.165, 1.54) is 75.8 Å². The smallest absolute Gasteiger partial charge is 0.0465 e. The molecule has 12 rings (SSSR count). The number of benzene rings is 10. The third kappa shape index (κ3) is 6.97. The molecule has 0 fully saturated rings. The fourth-order valence-electron chi connectivity index (χ4n) is 10.0. The van der Waals surface area contributed by atoms with E-state index in [9.17, 15) is 0 Å². The van der Waals surface area contributed by atoms with Crippen molar-refractivity contribution in [1.29, 1.82) is 0 Å². The lowest BCUT2D eigenvalue weighted by atomic mass is 9.82. The molecular formula is C63H46N2S. The first-order chi connectivity index (χ1) is 32.5. The van der Waals surface area contributed by atoms with E-state index in [-0.39, 0.29) is 5.41 Å². The Morgan fingerprint density at radius 2 is 0.652 bits per heavy atom. The Kier molecular flexibility index (Phi) is 9.73. The average molecular weight is 863 g/mol. The lowest BCUT2D eigenvalue weighted by molar-refractivity contribution is 0.660. The fraction of sp³-hybridized carbons (Fsp3) is 0.0476. The Bertz CT molecular complexity index is 3520. The summed E-state index contributed by atoms with van der Waals surface area (Å²) in [5, 5.41) is 2.64. The van der Waals surface area contributed by atoms with Crippen LogP contribution in [-0.4, -0.2) is 0 Å². The first kappa shape index (κ1) is 39.6. The highest BCUT2D eigenvalue weighted by atomic mass is 32.1. The Morgan fingerprint density at radius 3 is 1.17 bits per heavy atom. The van der Waals surface area contributed by atoms with Gasteiger partial charge in [-0.05, 0) is 147 Å². The molecule has 3 heteroatoms. The van der Waals surface area contributed by atoms with Crippen LogP contribution in [-0.2, 0) is 5.41 Å². The second-order valence-corrected chi connectivity index (χ2v) is 18.9. The minimum Gasteiger partial charge on any atom is -0.310 e. The van der Waals surface area contributed by atoms with E-state index in [0.29, 0.717) is 0 Å². The van der Waals surface area contributed by atoms with Gasteiger partial charge in [-0.15, -0.1) is 11.3 Å². The van der Waals surface area contributed by atoms with Gasteiger partial charge in [-0.2, -0.15) is 0 Å². The molecule has 66 heavy (non-hydrogen) atoms. The van der Waals surface area contributed by atoms with Crippen molar-refractivity contribution < 1.29 is 0 Å². The zero-order chi connectivity index (χ0) is 44.2. The van der Waals surface area contributed by atoms with Crippen molar-refractivity contribution in [2.24, 2.45) is 0 Å². The quantitative estimate of drug-likeness (QED) is 0.143. The van der Waals surface area contributed by atoms with Crippen molar-refractivity contribution in [2.75, 3.05) is 9.80 Å². The van der Waals surface area contributed by atoms with Gasteiger partial charge in [-0.1, -0.05) is 166 Å². The Morgan fingerprint density at radius 1 is 0.288 bits per heavy atom. The van der Waals surface area contributed by atoms with Crippen LogP contribution in [0.4, 0.5) is 34.1 Å². The van der Waals surface area contributed by atoms with Crippen molar-refractivity contribution in [3.63, 3.8) is 0 Å². The summed E-state index contributed by atoms with van der Waals surface area (Å²) in [6.45, 7) is 4.76. The van der Waals surface area contributed by atoms with Gasteiger partial charge in [0.2, 0.25) is 0 Å². The van der Waals surface area contributed by atoms with Crippen LogP contribution in [0.25, 0.3) is 64.7 Å². The number of rotatable bonds is 9. The first-order valence-electron chi connectivity index (χ1n) is 22.7. The number of nitrogens with zero attached hydrogens (tertiary/aromatic N) is 2. The molecule has 0 aliphatic heterocycles. The van der Waals surface area contributed by atoms with Crippen LogP contribution in [0.2, 0.25) is 0 Å². The van der Waals surface area contributed by atoms with Gasteiger partial charge in [0.05, 0.1) is 0 Å². The van der Waals surface area contributed by atoms with Gasteiger partial charge < -0.3 is 9.80 Å². The number of fused-ring (bicyclic) bond motifs is 6. The highest BCUT2D eigenvalue weighted by Gasteiger charge is 2.37. The van der Waals surface area contributed by atoms with E-state index < -0.39 is 0 Å². The summed E-state index contributed by atoms with van der Waals surface area (Å²) < 4.78 is 2.65. The maximum Gasteiger partial charge on any atom is 0.0465 e. The molecule has 10 aromatic carbocycles. The Balaban J connectivity index is 0.870. The SMILES string of the molecule is CC1(C)c2cc(N(c3ccccc3)c3ccc(-c4ccc(-c5ccccc5)cc4)cc3)ccc2-c2ccc(N(c3ccccc3)c3ccc(-c4ccc5sc6ccccc6c5c4)cc3)cc21. The number of anilines is 6. The third-order valence-corrected chi connectivity index (χ3v) is 14.6. The summed E-state index contributed by atoms with van der Waals surface area (Å²) in [6.07, 6.45) is 0. The van der Waals surface area contributed by atoms with Crippen molar-refractivity contribution in [2.45, 2.75) is 19.3 Å². The Hall–Kier alpha value is -7.98. The highest BCUT2D eigenvalue weighted by Crippen LogP contribution is 2.52. The first-order valence-corrected chi connectivity index (χ1v) is 23.6. The number of thiophene rings is 1. The zero-order valence-corrected chi connectivity index (χ0v) is 37.7. The normalized spacial score (nSPS) is 12.5. The van der Waals surface area contributed by atoms with Crippen LogP contribution in [0.15, 0.2) is 243 Å². The summed E-state index contributed by atoms with van der Waals surface area (Å²) in [5.41, 5.74) is 19.0. The molecule has 314 valence electrons. The predicted molar refractivity (Wildman–Crippen MR) is 283 cm³/mol. The topological polar surface area (TPSA) is 6.48 Å². The minimum atomic E-state index is -0.245. The summed E-state index contributed by atoms with van der Waals surface area (Å²) in [4.78, 5) is 4.77. The van der Waals surface area contributed by atoms with E-state index in [4.69, 9.17) is 0 Å². The molecule has 1 aliphatic rings. The second kappa shape index (κ2) is 16.2. The number of para-hydroxylation sites is 2. The lowest BCUT2D eigenvalue weighted by Crippen LogP contribution is -2.17. The van der Waals surface area contributed by atoms with Crippen molar-refractivity contribution >= 4 is 65.6 Å². The number of hydrogen-bond acceptors (Lipinski definition) is 3. The molecule has 0 saturated carbocycles. The van der Waals surface area contributed by atoms with Crippen molar-refractivity contribution in [3.8, 4) is 44.5 Å². The molecule has 0 unspecified atom stereocenters.